The van der Waals surface area contributed by atoms with Gasteiger partial charge in [0.15, 0.2) is 0 Å². The van der Waals surface area contributed by atoms with Gasteiger partial charge in [0.05, 0.1) is 19.3 Å². The maximum absolute atomic E-state index is 12.8. The van der Waals surface area contributed by atoms with Gasteiger partial charge in [-0.15, -0.1) is 0 Å². The second-order valence-corrected chi connectivity index (χ2v) is 10.4. The Kier molecular flexibility index (Phi) is 8.09. The topological polar surface area (TPSA) is 59.0 Å². The Balaban J connectivity index is 1.50. The number of hydrogen-bond acceptors (Lipinski definition) is 4. The molecule has 0 bridgehead atoms. The second kappa shape index (κ2) is 11.2. The summed E-state index contributed by atoms with van der Waals surface area (Å²) in [6, 6.07) is 23.4. The first-order valence-electron chi connectivity index (χ1n) is 12.6. The molecule has 0 aromatic heterocycles. The zero-order valence-corrected chi connectivity index (χ0v) is 21.1. The molecule has 1 fully saturated rings. The van der Waals surface area contributed by atoms with Crippen molar-refractivity contribution in [2.24, 2.45) is 0 Å². The Morgan fingerprint density at radius 2 is 1.71 bits per heavy atom. The summed E-state index contributed by atoms with van der Waals surface area (Å²) in [6.07, 6.45) is 2.04. The molecule has 1 heterocycles. The molecule has 1 saturated heterocycles. The highest BCUT2D eigenvalue weighted by Crippen LogP contribution is 2.32. The van der Waals surface area contributed by atoms with Crippen molar-refractivity contribution in [1.82, 2.24) is 4.90 Å². The number of ether oxygens (including phenoxy) is 2. The highest BCUT2D eigenvalue weighted by Gasteiger charge is 2.35. The average Bonchev–Trinajstić information content (AvgIpc) is 2.85. The van der Waals surface area contributed by atoms with E-state index >= 15 is 0 Å². The maximum atomic E-state index is 12.8. The molecule has 2 atom stereocenters. The van der Waals surface area contributed by atoms with E-state index in [0.717, 1.165) is 24.8 Å². The van der Waals surface area contributed by atoms with Gasteiger partial charge < -0.3 is 19.5 Å². The van der Waals surface area contributed by atoms with E-state index in [2.05, 4.69) is 54.6 Å². The molecule has 0 spiro atoms. The highest BCUT2D eigenvalue weighted by molar-refractivity contribution is 5.82. The minimum absolute atomic E-state index is 0.133. The fraction of sp³-hybridized carbons (Fsp3) is 0.433. The largest absolute Gasteiger partial charge is 0.444 e. The van der Waals surface area contributed by atoms with Gasteiger partial charge in [-0.1, -0.05) is 60.7 Å². The summed E-state index contributed by atoms with van der Waals surface area (Å²) in [5.41, 5.74) is 3.05. The number of carbonyl (C=O) groups excluding carboxylic acids is 1. The van der Waals surface area contributed by atoms with E-state index in [1.54, 1.807) is 4.90 Å². The number of rotatable bonds is 7. The molecule has 3 aromatic carbocycles. The zero-order chi connectivity index (χ0) is 24.8. The minimum Gasteiger partial charge on any atom is -0.444 e. The molecular formula is C30H37NO4. The molecule has 2 unspecified atom stereocenters. The molecule has 1 amide bonds. The molecule has 186 valence electrons. The number of aryl methyl sites for hydroxylation is 1. The van der Waals surface area contributed by atoms with Crippen molar-refractivity contribution in [1.29, 1.82) is 0 Å². The lowest BCUT2D eigenvalue weighted by atomic mass is 9.86. The van der Waals surface area contributed by atoms with Gasteiger partial charge in [-0.25, -0.2) is 4.79 Å². The Morgan fingerprint density at radius 3 is 2.43 bits per heavy atom. The lowest BCUT2D eigenvalue weighted by Gasteiger charge is -2.39. The minimum atomic E-state index is -0.528. The number of carbonyl (C=O) groups is 1. The van der Waals surface area contributed by atoms with Gasteiger partial charge >= 0.3 is 6.09 Å². The summed E-state index contributed by atoms with van der Waals surface area (Å²) in [7, 11) is 0. The van der Waals surface area contributed by atoms with Crippen LogP contribution in [0.15, 0.2) is 66.7 Å². The third-order valence-corrected chi connectivity index (χ3v) is 6.52. The molecule has 35 heavy (non-hydrogen) atoms. The number of piperidine rings is 1. The number of nitrogens with zero attached hydrogens (tertiary/aromatic N) is 1. The van der Waals surface area contributed by atoms with Gasteiger partial charge in [0.25, 0.3) is 0 Å². The first kappa shape index (κ1) is 25.2. The molecular weight excluding hydrogens is 438 g/mol. The van der Waals surface area contributed by atoms with Crippen molar-refractivity contribution in [3.63, 3.8) is 0 Å². The number of hydrogen-bond donors (Lipinski definition) is 1. The number of aliphatic hydroxyl groups is 1. The van der Waals surface area contributed by atoms with E-state index in [9.17, 15) is 4.79 Å². The molecule has 3 aromatic rings. The smallest absolute Gasteiger partial charge is 0.410 e. The van der Waals surface area contributed by atoms with Crippen LogP contribution in [0.1, 0.15) is 56.2 Å². The number of likely N-dealkylation sites (tertiary alicyclic amines) is 1. The van der Waals surface area contributed by atoms with E-state index in [1.807, 2.05) is 32.9 Å². The van der Waals surface area contributed by atoms with Crippen LogP contribution in [0.5, 0.6) is 0 Å². The predicted octanol–water partition coefficient (Wildman–Crippen LogP) is 6.07. The average molecular weight is 476 g/mol. The summed E-state index contributed by atoms with van der Waals surface area (Å²) >= 11 is 0. The summed E-state index contributed by atoms with van der Waals surface area (Å²) in [6.45, 7) is 7.51. The van der Waals surface area contributed by atoms with Gasteiger partial charge in [-0.05, 0) is 73.6 Å². The van der Waals surface area contributed by atoms with Crippen molar-refractivity contribution < 1.29 is 19.4 Å². The van der Waals surface area contributed by atoms with Crippen LogP contribution in [0.2, 0.25) is 0 Å². The van der Waals surface area contributed by atoms with Crippen molar-refractivity contribution >= 4 is 16.9 Å². The van der Waals surface area contributed by atoms with Crippen molar-refractivity contribution in [3.8, 4) is 0 Å². The molecule has 5 nitrogen and oxygen atoms in total. The lowest BCUT2D eigenvalue weighted by Crippen LogP contribution is -2.48. The van der Waals surface area contributed by atoms with Crippen LogP contribution < -0.4 is 0 Å². The maximum Gasteiger partial charge on any atom is 0.410 e. The Morgan fingerprint density at radius 1 is 1.00 bits per heavy atom. The summed E-state index contributed by atoms with van der Waals surface area (Å²) in [5, 5.41) is 11.5. The standard InChI is InChI=1S/C30H37NO4/c1-30(2,3)35-29(33)31-17-16-27(25-14-10-22(11-15-25)7-6-18-32)28(20-31)34-21-23-12-13-24-8-4-5-9-26(24)19-23/h4-5,8-15,19,27-28,32H,6-7,16-18,20-21H2,1-3H3. The van der Waals surface area contributed by atoms with E-state index in [4.69, 9.17) is 14.6 Å². The van der Waals surface area contributed by atoms with Crippen LogP contribution in [0, 0.1) is 0 Å². The third-order valence-electron chi connectivity index (χ3n) is 6.52. The van der Waals surface area contributed by atoms with Crippen molar-refractivity contribution in [2.75, 3.05) is 19.7 Å². The molecule has 1 aliphatic rings. The Labute approximate surface area is 208 Å². The van der Waals surface area contributed by atoms with E-state index in [0.29, 0.717) is 19.7 Å². The van der Waals surface area contributed by atoms with Gasteiger partial charge in [-0.2, -0.15) is 0 Å². The molecule has 4 rings (SSSR count). The van der Waals surface area contributed by atoms with E-state index in [-0.39, 0.29) is 24.7 Å². The summed E-state index contributed by atoms with van der Waals surface area (Å²) < 4.78 is 12.1. The first-order valence-corrected chi connectivity index (χ1v) is 12.6. The predicted molar refractivity (Wildman–Crippen MR) is 140 cm³/mol. The monoisotopic (exact) mass is 475 g/mol. The number of aliphatic hydroxyl groups excluding tert-OH is 1. The Bertz CT molecular complexity index is 1120. The molecule has 5 heteroatoms. The van der Waals surface area contributed by atoms with Crippen molar-refractivity contribution in [2.45, 2.75) is 64.3 Å². The van der Waals surface area contributed by atoms with Gasteiger partial charge in [-0.3, -0.25) is 0 Å². The molecule has 0 radical (unpaired) electrons. The van der Waals surface area contributed by atoms with E-state index < -0.39 is 5.60 Å². The normalized spacial score (nSPS) is 18.6. The third kappa shape index (κ3) is 6.83. The highest BCUT2D eigenvalue weighted by atomic mass is 16.6. The fourth-order valence-corrected chi connectivity index (χ4v) is 4.71. The lowest BCUT2D eigenvalue weighted by molar-refractivity contribution is -0.0359. The SMILES string of the molecule is CC(C)(C)OC(=O)N1CCC(c2ccc(CCCO)cc2)C(OCc2ccc3ccccc3c2)C1. The van der Waals surface area contributed by atoms with Crippen LogP contribution in [0.25, 0.3) is 10.8 Å². The molecule has 0 aliphatic carbocycles. The van der Waals surface area contributed by atoms with Gasteiger partial charge in [0, 0.05) is 19.1 Å². The van der Waals surface area contributed by atoms with E-state index in [1.165, 1.54) is 21.9 Å². The number of amides is 1. The Hall–Kier alpha value is -2.89. The summed E-state index contributed by atoms with van der Waals surface area (Å²) in [4.78, 5) is 14.6. The summed E-state index contributed by atoms with van der Waals surface area (Å²) in [5.74, 6) is 0.195. The molecule has 0 saturated carbocycles. The van der Waals surface area contributed by atoms with Crippen LogP contribution in [0.3, 0.4) is 0 Å². The molecule has 1 N–H and O–H groups in total. The van der Waals surface area contributed by atoms with Gasteiger partial charge in [0.1, 0.15) is 5.60 Å². The quantitative estimate of drug-likeness (QED) is 0.450. The van der Waals surface area contributed by atoms with Crippen LogP contribution in [-0.2, 0) is 22.5 Å². The molecule has 1 aliphatic heterocycles. The fourth-order valence-electron chi connectivity index (χ4n) is 4.71. The second-order valence-electron chi connectivity index (χ2n) is 10.4. The van der Waals surface area contributed by atoms with Gasteiger partial charge in [0.2, 0.25) is 0 Å². The number of fused-ring (bicyclic) bond motifs is 1. The van der Waals surface area contributed by atoms with Crippen LogP contribution in [-0.4, -0.2) is 47.5 Å². The van der Waals surface area contributed by atoms with Crippen LogP contribution >= 0.6 is 0 Å². The first-order chi connectivity index (χ1) is 16.8. The zero-order valence-electron chi connectivity index (χ0n) is 21.1. The van der Waals surface area contributed by atoms with Crippen LogP contribution in [0.4, 0.5) is 4.79 Å². The number of benzene rings is 3. The van der Waals surface area contributed by atoms with Crippen molar-refractivity contribution in [3.05, 3.63) is 83.4 Å².